The summed E-state index contributed by atoms with van der Waals surface area (Å²) in [6.07, 6.45) is 11.8. The van der Waals surface area contributed by atoms with E-state index >= 15 is 0 Å². The monoisotopic (exact) mass is 486 g/mol. The normalized spacial score (nSPS) is 13.6. The largest absolute Gasteiger partial charge is 0.337 e. The predicted molar refractivity (Wildman–Crippen MR) is 141 cm³/mol. The Bertz CT molecular complexity index is 1770. The highest BCUT2D eigenvalue weighted by atomic mass is 16.1. The summed E-state index contributed by atoms with van der Waals surface area (Å²) in [7, 11) is 0. The molecule has 0 bridgehead atoms. The van der Waals surface area contributed by atoms with Gasteiger partial charge in [0.25, 0.3) is 0 Å². The van der Waals surface area contributed by atoms with E-state index in [0.717, 1.165) is 57.9 Å². The zero-order valence-electron chi connectivity index (χ0n) is 19.8. The second-order valence-electron chi connectivity index (χ2n) is 9.30. The van der Waals surface area contributed by atoms with Crippen LogP contribution < -0.4 is 5.32 Å². The van der Waals surface area contributed by atoms with Gasteiger partial charge in [-0.3, -0.25) is 19.9 Å². The molecular weight excluding hydrogens is 464 g/mol. The molecule has 6 aromatic rings. The molecule has 3 N–H and O–H groups in total. The molecule has 0 unspecified atom stereocenters. The third-order valence-electron chi connectivity index (χ3n) is 6.94. The molecular formula is C28H22N8O. The summed E-state index contributed by atoms with van der Waals surface area (Å²) in [5, 5.41) is 11.4. The van der Waals surface area contributed by atoms with Gasteiger partial charge in [-0.1, -0.05) is 24.6 Å². The van der Waals surface area contributed by atoms with E-state index in [1.165, 1.54) is 0 Å². The number of rotatable bonds is 5. The van der Waals surface area contributed by atoms with Gasteiger partial charge in [0.05, 0.1) is 28.3 Å². The lowest BCUT2D eigenvalue weighted by molar-refractivity contribution is -0.122. The summed E-state index contributed by atoms with van der Waals surface area (Å²) in [6.45, 7) is 0. The minimum absolute atomic E-state index is 0.0615. The first kappa shape index (κ1) is 21.4. The Labute approximate surface area is 211 Å². The lowest BCUT2D eigenvalue weighted by Gasteiger charge is -2.24. The number of hydrogen-bond acceptors (Lipinski definition) is 6. The van der Waals surface area contributed by atoms with Crippen LogP contribution in [0.4, 0.5) is 5.69 Å². The molecule has 9 heteroatoms. The zero-order valence-corrected chi connectivity index (χ0v) is 19.8. The van der Waals surface area contributed by atoms with Crippen molar-refractivity contribution in [3.05, 3.63) is 73.4 Å². The highest BCUT2D eigenvalue weighted by Crippen LogP contribution is 2.33. The fourth-order valence-corrected chi connectivity index (χ4v) is 4.72. The van der Waals surface area contributed by atoms with Gasteiger partial charge in [-0.2, -0.15) is 5.10 Å². The van der Waals surface area contributed by atoms with Gasteiger partial charge in [0.15, 0.2) is 11.5 Å². The van der Waals surface area contributed by atoms with Crippen LogP contribution in [0.15, 0.2) is 73.4 Å². The van der Waals surface area contributed by atoms with Crippen molar-refractivity contribution in [2.24, 2.45) is 5.92 Å². The summed E-state index contributed by atoms with van der Waals surface area (Å²) in [4.78, 5) is 33.9. The van der Waals surface area contributed by atoms with Crippen LogP contribution in [0.5, 0.6) is 0 Å². The summed E-state index contributed by atoms with van der Waals surface area (Å²) < 4.78 is 0. The first-order valence-corrected chi connectivity index (χ1v) is 12.2. The second kappa shape index (κ2) is 8.63. The third-order valence-corrected chi connectivity index (χ3v) is 6.94. The molecule has 5 heterocycles. The fraction of sp³-hybridized carbons (Fsp3) is 0.143. The van der Waals surface area contributed by atoms with Crippen LogP contribution >= 0.6 is 0 Å². The lowest BCUT2D eigenvalue weighted by atomic mass is 9.85. The van der Waals surface area contributed by atoms with Gasteiger partial charge in [0.1, 0.15) is 5.69 Å². The fourth-order valence-electron chi connectivity index (χ4n) is 4.72. The number of pyridine rings is 3. The number of para-hydroxylation sites is 1. The molecule has 5 aromatic heterocycles. The van der Waals surface area contributed by atoms with E-state index in [4.69, 9.17) is 4.98 Å². The molecule has 0 aliphatic heterocycles. The van der Waals surface area contributed by atoms with Gasteiger partial charge < -0.3 is 10.3 Å². The number of aromatic amines is 2. The van der Waals surface area contributed by atoms with Gasteiger partial charge in [0, 0.05) is 53.0 Å². The maximum absolute atomic E-state index is 12.4. The Morgan fingerprint density at radius 2 is 1.84 bits per heavy atom. The number of anilines is 1. The van der Waals surface area contributed by atoms with Gasteiger partial charge in [-0.05, 0) is 37.1 Å². The van der Waals surface area contributed by atoms with Crippen LogP contribution in [0.3, 0.4) is 0 Å². The number of benzene rings is 1. The number of imidazole rings is 1. The number of amides is 1. The van der Waals surface area contributed by atoms with Crippen molar-refractivity contribution in [2.75, 3.05) is 5.32 Å². The summed E-state index contributed by atoms with van der Waals surface area (Å²) >= 11 is 0. The van der Waals surface area contributed by atoms with Crippen molar-refractivity contribution in [2.45, 2.75) is 19.3 Å². The van der Waals surface area contributed by atoms with E-state index in [9.17, 15) is 4.79 Å². The summed E-state index contributed by atoms with van der Waals surface area (Å²) in [5.74, 6) is 0.820. The number of nitrogens with zero attached hydrogens (tertiary/aromatic N) is 5. The minimum atomic E-state index is 0.0615. The molecule has 1 amide bonds. The van der Waals surface area contributed by atoms with Gasteiger partial charge in [0.2, 0.25) is 5.91 Å². The number of hydrogen-bond donors (Lipinski definition) is 3. The highest BCUT2D eigenvalue weighted by molar-refractivity contribution is 5.97. The van der Waals surface area contributed by atoms with Crippen LogP contribution in [0.25, 0.3) is 55.8 Å². The Hall–Kier alpha value is -4.92. The van der Waals surface area contributed by atoms with Crippen molar-refractivity contribution in [3.63, 3.8) is 0 Å². The smallest absolute Gasteiger partial charge is 0.227 e. The minimum Gasteiger partial charge on any atom is -0.337 e. The number of carbonyl (C=O) groups is 1. The van der Waals surface area contributed by atoms with Gasteiger partial charge in [-0.15, -0.1) is 0 Å². The van der Waals surface area contributed by atoms with E-state index in [1.54, 1.807) is 24.8 Å². The van der Waals surface area contributed by atoms with Gasteiger partial charge in [-0.25, -0.2) is 9.97 Å². The predicted octanol–water partition coefficient (Wildman–Crippen LogP) is 5.36. The average molecular weight is 487 g/mol. The molecule has 7 rings (SSSR count). The second-order valence-corrected chi connectivity index (χ2v) is 9.30. The molecule has 1 aromatic carbocycles. The maximum atomic E-state index is 12.4. The summed E-state index contributed by atoms with van der Waals surface area (Å²) in [5.41, 5.74) is 7.51. The molecule has 180 valence electrons. The average Bonchev–Trinajstić information content (AvgIpc) is 3.52. The van der Waals surface area contributed by atoms with Crippen molar-refractivity contribution < 1.29 is 4.79 Å². The van der Waals surface area contributed by atoms with E-state index in [2.05, 4.69) is 35.5 Å². The Balaban J connectivity index is 1.26. The van der Waals surface area contributed by atoms with Crippen molar-refractivity contribution in [3.8, 4) is 33.8 Å². The molecule has 9 nitrogen and oxygen atoms in total. The quantitative estimate of drug-likeness (QED) is 0.301. The first-order chi connectivity index (χ1) is 18.2. The standard InChI is InChI=1S/C28H22N8O/c37-28(16-4-1-5-16)32-20-10-18(13-30-15-20)19-11-22-25(35-36-26(22)31-14-19)27-33-23-8-2-7-21(24(23)34-27)17-6-3-9-29-12-17/h2-3,6-16H,1,4-5H2,(H,32,37)(H,33,34)(H,31,35,36). The van der Waals surface area contributed by atoms with E-state index in [-0.39, 0.29) is 11.8 Å². The van der Waals surface area contributed by atoms with Crippen LogP contribution in [-0.4, -0.2) is 41.0 Å². The topological polar surface area (TPSA) is 125 Å². The molecule has 1 aliphatic carbocycles. The Kier molecular flexibility index (Phi) is 4.99. The van der Waals surface area contributed by atoms with Crippen LogP contribution in [-0.2, 0) is 4.79 Å². The van der Waals surface area contributed by atoms with Crippen molar-refractivity contribution in [1.82, 2.24) is 35.1 Å². The SMILES string of the molecule is O=C(Nc1cncc(-c2cnc3[nH]nc(-c4nc5c(-c6cccnc6)cccc5[nH]4)c3c2)c1)C1CCC1. The highest BCUT2D eigenvalue weighted by Gasteiger charge is 2.25. The molecule has 0 saturated heterocycles. The Morgan fingerprint density at radius 3 is 2.68 bits per heavy atom. The van der Waals surface area contributed by atoms with E-state index < -0.39 is 0 Å². The van der Waals surface area contributed by atoms with Crippen molar-refractivity contribution >= 4 is 33.7 Å². The van der Waals surface area contributed by atoms with E-state index in [0.29, 0.717) is 22.9 Å². The van der Waals surface area contributed by atoms with Crippen LogP contribution in [0.2, 0.25) is 0 Å². The third kappa shape index (κ3) is 3.81. The van der Waals surface area contributed by atoms with E-state index in [1.807, 2.05) is 48.7 Å². The lowest BCUT2D eigenvalue weighted by Crippen LogP contribution is -2.28. The Morgan fingerprint density at radius 1 is 0.946 bits per heavy atom. The molecule has 1 aliphatic rings. The molecule has 0 radical (unpaired) electrons. The first-order valence-electron chi connectivity index (χ1n) is 12.2. The molecule has 37 heavy (non-hydrogen) atoms. The van der Waals surface area contributed by atoms with Crippen LogP contribution in [0.1, 0.15) is 19.3 Å². The molecule has 0 spiro atoms. The molecule has 1 fully saturated rings. The number of fused-ring (bicyclic) bond motifs is 2. The number of carbonyl (C=O) groups excluding carboxylic acids is 1. The number of H-pyrrole nitrogens is 2. The summed E-state index contributed by atoms with van der Waals surface area (Å²) in [6, 6.07) is 13.9. The molecule has 1 saturated carbocycles. The number of nitrogens with one attached hydrogen (secondary N) is 3. The van der Waals surface area contributed by atoms with Gasteiger partial charge >= 0.3 is 0 Å². The van der Waals surface area contributed by atoms with Crippen LogP contribution in [0, 0.1) is 5.92 Å². The number of aromatic nitrogens is 7. The maximum Gasteiger partial charge on any atom is 0.227 e. The molecule has 0 atom stereocenters. The zero-order chi connectivity index (χ0) is 24.8. The van der Waals surface area contributed by atoms with Crippen molar-refractivity contribution in [1.29, 1.82) is 0 Å².